The van der Waals surface area contributed by atoms with E-state index in [1.807, 2.05) is 0 Å². The van der Waals surface area contributed by atoms with Gasteiger partial charge in [0, 0.05) is 0 Å². The molecule has 0 aromatic carbocycles. The highest BCUT2D eigenvalue weighted by atomic mass is 32.2. The van der Waals surface area contributed by atoms with E-state index in [0.29, 0.717) is 6.42 Å². The van der Waals surface area contributed by atoms with Crippen LogP contribution in [0, 0.1) is 0 Å². The molecule has 0 fully saturated rings. The van der Waals surface area contributed by atoms with Gasteiger partial charge in [0.2, 0.25) is 0 Å². The normalized spacial score (nSPS) is 13.8. The fourth-order valence-corrected chi connectivity index (χ4v) is 2.14. The van der Waals surface area contributed by atoms with Crippen LogP contribution in [0.4, 0.5) is 0 Å². The van der Waals surface area contributed by atoms with Gasteiger partial charge in [-0.1, -0.05) is 6.92 Å². The average Bonchev–Trinajstić information content (AvgIpc) is 2.12. The zero-order valence-corrected chi connectivity index (χ0v) is 9.06. The minimum absolute atomic E-state index is 0.0524. The summed E-state index contributed by atoms with van der Waals surface area (Å²) >= 11 is 0. The van der Waals surface area contributed by atoms with Crippen molar-refractivity contribution < 1.29 is 17.9 Å². The zero-order valence-electron chi connectivity index (χ0n) is 8.24. The molecule has 0 aromatic rings. The Kier molecular flexibility index (Phi) is 4.98. The SMILES string of the molecule is CCC(C)S(=O)(=O)CCC(=O)OC. The third kappa shape index (κ3) is 4.26. The molecule has 1 atom stereocenters. The highest BCUT2D eigenvalue weighted by Crippen LogP contribution is 2.07. The molecule has 0 spiro atoms. The lowest BCUT2D eigenvalue weighted by Crippen LogP contribution is -2.22. The van der Waals surface area contributed by atoms with Gasteiger partial charge in [-0.05, 0) is 13.3 Å². The number of esters is 1. The molecule has 1 unspecified atom stereocenters. The largest absolute Gasteiger partial charge is 0.469 e. The Bertz CT molecular complexity index is 255. The molecular formula is C8H16O4S. The summed E-state index contributed by atoms with van der Waals surface area (Å²) in [7, 11) is -1.87. The molecule has 78 valence electrons. The number of hydrogen-bond acceptors (Lipinski definition) is 4. The maximum absolute atomic E-state index is 11.4. The van der Waals surface area contributed by atoms with Gasteiger partial charge in [-0.25, -0.2) is 8.42 Å². The summed E-state index contributed by atoms with van der Waals surface area (Å²) in [5.74, 6) is -0.596. The van der Waals surface area contributed by atoms with Crippen molar-refractivity contribution in [2.24, 2.45) is 0 Å². The summed E-state index contributed by atoms with van der Waals surface area (Å²) in [5.41, 5.74) is 0. The second-order valence-corrected chi connectivity index (χ2v) is 5.45. The molecule has 0 aromatic heterocycles. The van der Waals surface area contributed by atoms with E-state index in [2.05, 4.69) is 4.74 Å². The van der Waals surface area contributed by atoms with Crippen LogP contribution in [0.25, 0.3) is 0 Å². The third-order valence-electron chi connectivity index (χ3n) is 2.01. The van der Waals surface area contributed by atoms with E-state index in [0.717, 1.165) is 0 Å². The maximum atomic E-state index is 11.4. The first-order chi connectivity index (χ1) is 5.94. The first-order valence-electron chi connectivity index (χ1n) is 4.22. The topological polar surface area (TPSA) is 60.4 Å². The summed E-state index contributed by atoms with van der Waals surface area (Å²) in [6.07, 6.45) is 0.521. The Morgan fingerprint density at radius 3 is 2.38 bits per heavy atom. The number of methoxy groups -OCH3 is 1. The lowest BCUT2D eigenvalue weighted by Gasteiger charge is -2.09. The standard InChI is InChI=1S/C8H16O4S/c1-4-7(2)13(10,11)6-5-8(9)12-3/h7H,4-6H2,1-3H3. The molecule has 0 saturated carbocycles. The van der Waals surface area contributed by atoms with E-state index in [4.69, 9.17) is 0 Å². The van der Waals surface area contributed by atoms with Crippen molar-refractivity contribution in [1.29, 1.82) is 0 Å². The highest BCUT2D eigenvalue weighted by molar-refractivity contribution is 7.92. The van der Waals surface area contributed by atoms with Gasteiger partial charge in [0.25, 0.3) is 0 Å². The predicted molar refractivity (Wildman–Crippen MR) is 50.2 cm³/mol. The Morgan fingerprint density at radius 1 is 1.46 bits per heavy atom. The van der Waals surface area contributed by atoms with Crippen LogP contribution in [0.15, 0.2) is 0 Å². The van der Waals surface area contributed by atoms with E-state index in [9.17, 15) is 13.2 Å². The second-order valence-electron chi connectivity index (χ2n) is 2.91. The first-order valence-corrected chi connectivity index (χ1v) is 5.94. The van der Waals surface area contributed by atoms with Gasteiger partial charge >= 0.3 is 5.97 Å². The average molecular weight is 208 g/mol. The first kappa shape index (κ1) is 12.4. The fraction of sp³-hybridized carbons (Fsp3) is 0.875. The summed E-state index contributed by atoms with van der Waals surface area (Å²) in [5, 5.41) is -0.378. The van der Waals surface area contributed by atoms with Crippen LogP contribution in [0.5, 0.6) is 0 Å². The lowest BCUT2D eigenvalue weighted by atomic mass is 10.4. The molecule has 13 heavy (non-hydrogen) atoms. The van der Waals surface area contributed by atoms with Crippen LogP contribution in [-0.4, -0.2) is 32.5 Å². The fourth-order valence-electron chi connectivity index (χ4n) is 0.783. The van der Waals surface area contributed by atoms with Crippen LogP contribution in [0.1, 0.15) is 26.7 Å². The Labute approximate surface area is 79.2 Å². The Hall–Kier alpha value is -0.580. The van der Waals surface area contributed by atoms with Crippen molar-refractivity contribution >= 4 is 15.8 Å². The van der Waals surface area contributed by atoms with Crippen LogP contribution in [0.3, 0.4) is 0 Å². The lowest BCUT2D eigenvalue weighted by molar-refractivity contribution is -0.140. The predicted octanol–water partition coefficient (Wildman–Crippen LogP) is 0.763. The number of carbonyl (C=O) groups excluding carboxylic acids is 1. The molecule has 0 aliphatic carbocycles. The van der Waals surface area contributed by atoms with Crippen molar-refractivity contribution in [2.75, 3.05) is 12.9 Å². The summed E-state index contributed by atoms with van der Waals surface area (Å²) in [6, 6.07) is 0. The monoisotopic (exact) mass is 208 g/mol. The number of carbonyl (C=O) groups is 1. The summed E-state index contributed by atoms with van der Waals surface area (Å²) < 4.78 is 27.1. The smallest absolute Gasteiger partial charge is 0.306 e. The molecule has 5 heteroatoms. The van der Waals surface area contributed by atoms with Crippen molar-refractivity contribution in [3.8, 4) is 0 Å². The van der Waals surface area contributed by atoms with Gasteiger partial charge < -0.3 is 4.74 Å². The van der Waals surface area contributed by atoms with E-state index in [-0.39, 0.29) is 17.4 Å². The van der Waals surface area contributed by atoms with Crippen molar-refractivity contribution in [1.82, 2.24) is 0 Å². The van der Waals surface area contributed by atoms with Gasteiger partial charge in [-0.3, -0.25) is 4.79 Å². The molecule has 0 aliphatic heterocycles. The maximum Gasteiger partial charge on any atom is 0.306 e. The Balaban J connectivity index is 4.12. The van der Waals surface area contributed by atoms with E-state index in [1.54, 1.807) is 13.8 Å². The van der Waals surface area contributed by atoms with E-state index >= 15 is 0 Å². The van der Waals surface area contributed by atoms with E-state index < -0.39 is 15.8 Å². The third-order valence-corrected chi connectivity index (χ3v) is 4.34. The van der Waals surface area contributed by atoms with Gasteiger partial charge in [-0.15, -0.1) is 0 Å². The molecule has 0 bridgehead atoms. The molecule has 0 rings (SSSR count). The van der Waals surface area contributed by atoms with Gasteiger partial charge in [-0.2, -0.15) is 0 Å². The molecule has 0 N–H and O–H groups in total. The van der Waals surface area contributed by atoms with Crippen molar-refractivity contribution in [3.05, 3.63) is 0 Å². The van der Waals surface area contributed by atoms with Crippen LogP contribution in [0.2, 0.25) is 0 Å². The number of ether oxygens (including phenoxy) is 1. The number of hydrogen-bond donors (Lipinski definition) is 0. The Morgan fingerprint density at radius 2 is 2.00 bits per heavy atom. The van der Waals surface area contributed by atoms with Gasteiger partial charge in [0.15, 0.2) is 9.84 Å². The number of sulfone groups is 1. The molecule has 0 radical (unpaired) electrons. The van der Waals surface area contributed by atoms with Gasteiger partial charge in [0.1, 0.15) is 0 Å². The van der Waals surface area contributed by atoms with E-state index in [1.165, 1.54) is 7.11 Å². The molecular weight excluding hydrogens is 192 g/mol. The van der Waals surface area contributed by atoms with Crippen LogP contribution < -0.4 is 0 Å². The second kappa shape index (κ2) is 5.21. The minimum atomic E-state index is -3.12. The molecule has 0 heterocycles. The van der Waals surface area contributed by atoms with Crippen molar-refractivity contribution in [2.45, 2.75) is 31.9 Å². The molecule has 0 aliphatic rings. The van der Waals surface area contributed by atoms with Crippen LogP contribution in [-0.2, 0) is 19.4 Å². The van der Waals surface area contributed by atoms with Gasteiger partial charge in [0.05, 0.1) is 24.5 Å². The molecule has 4 nitrogen and oxygen atoms in total. The molecule has 0 amide bonds. The minimum Gasteiger partial charge on any atom is -0.469 e. The summed E-state index contributed by atoms with van der Waals surface area (Å²) in [4.78, 5) is 10.7. The quantitative estimate of drug-likeness (QED) is 0.626. The van der Waals surface area contributed by atoms with Crippen molar-refractivity contribution in [3.63, 3.8) is 0 Å². The summed E-state index contributed by atoms with van der Waals surface area (Å²) in [6.45, 7) is 3.45. The number of rotatable bonds is 5. The van der Waals surface area contributed by atoms with Crippen LogP contribution >= 0.6 is 0 Å². The highest BCUT2D eigenvalue weighted by Gasteiger charge is 2.20. The molecule has 0 saturated heterocycles. The zero-order chi connectivity index (χ0) is 10.5.